The molecule has 0 aromatic rings. The second-order valence-electron chi connectivity index (χ2n) is 5.43. The van der Waals surface area contributed by atoms with Gasteiger partial charge in [0.2, 0.25) is 0 Å². The van der Waals surface area contributed by atoms with E-state index in [4.69, 9.17) is 0 Å². The lowest BCUT2D eigenvalue weighted by Crippen LogP contribution is -2.24. The van der Waals surface area contributed by atoms with Crippen molar-refractivity contribution in [2.45, 2.75) is 84.1 Å². The molecule has 0 heterocycles. The number of hydrogen-bond donors (Lipinski definition) is 0. The molecule has 0 aliphatic heterocycles. The third-order valence-electron chi connectivity index (χ3n) is 3.90. The van der Waals surface area contributed by atoms with Gasteiger partial charge in [-0.15, -0.1) is 0 Å². The molecule has 0 rings (SSSR count). The van der Waals surface area contributed by atoms with Gasteiger partial charge in [0, 0.05) is 10.2 Å². The maximum atomic E-state index is 2.36. The third kappa shape index (κ3) is 5.19. The number of hydrogen-bond acceptors (Lipinski definition) is 0. The molecule has 0 N–H and O–H groups in total. The molecular weight excluding hydrogens is 196 g/mol. The van der Waals surface area contributed by atoms with Crippen LogP contribution in [-0.4, -0.2) is 10.2 Å². The highest BCUT2D eigenvalue weighted by Gasteiger charge is 2.30. The Kier molecular flexibility index (Phi) is 8.50. The van der Waals surface area contributed by atoms with Crippen molar-refractivity contribution in [3.05, 3.63) is 0 Å². The number of rotatable bonds is 9. The van der Waals surface area contributed by atoms with Gasteiger partial charge in [0.1, 0.15) is 0 Å². The predicted molar refractivity (Wildman–Crippen MR) is 75.8 cm³/mol. The van der Waals surface area contributed by atoms with Crippen LogP contribution in [0.5, 0.6) is 0 Å². The summed E-state index contributed by atoms with van der Waals surface area (Å²) in [4.78, 5) is 0. The molecule has 1 heteroatoms. The fourth-order valence-electron chi connectivity index (χ4n) is 3.21. The molecule has 0 aromatic carbocycles. The zero-order valence-corrected chi connectivity index (χ0v) is 13.7. The fraction of sp³-hybridized carbons (Fsp3) is 1.00. The largest absolute Gasteiger partial charge is 0.0654 e. The molecule has 15 heavy (non-hydrogen) atoms. The smallest absolute Gasteiger partial charge is 0.0110 e. The molecule has 0 aliphatic carbocycles. The summed E-state index contributed by atoms with van der Waals surface area (Å²) in [5.41, 5.74) is 0. The standard InChI is InChI=1S/C14H32Si/c1-5-9-13(10-6-2)14(15,11-7-3)12-8-4/h13H,5-12H2,1-4,15H3. The Morgan fingerprint density at radius 3 is 1.47 bits per heavy atom. The maximum Gasteiger partial charge on any atom is 0.0110 e. The second kappa shape index (κ2) is 8.38. The van der Waals surface area contributed by atoms with Gasteiger partial charge in [-0.3, -0.25) is 0 Å². The van der Waals surface area contributed by atoms with Crippen molar-refractivity contribution >= 4 is 10.2 Å². The van der Waals surface area contributed by atoms with E-state index in [0.29, 0.717) is 0 Å². The Morgan fingerprint density at radius 1 is 0.800 bits per heavy atom. The third-order valence-corrected chi connectivity index (χ3v) is 5.72. The van der Waals surface area contributed by atoms with Gasteiger partial charge in [0.05, 0.1) is 0 Å². The molecule has 0 unspecified atom stereocenters. The van der Waals surface area contributed by atoms with Crippen molar-refractivity contribution in [1.29, 1.82) is 0 Å². The maximum absolute atomic E-state index is 2.36. The van der Waals surface area contributed by atoms with E-state index in [0.717, 1.165) is 11.0 Å². The zero-order chi connectivity index (χ0) is 11.7. The van der Waals surface area contributed by atoms with Crippen LogP contribution in [-0.2, 0) is 0 Å². The molecule has 0 saturated heterocycles. The van der Waals surface area contributed by atoms with E-state index < -0.39 is 0 Å². The summed E-state index contributed by atoms with van der Waals surface area (Å²) >= 11 is 0. The van der Waals surface area contributed by atoms with Crippen molar-refractivity contribution in [3.8, 4) is 0 Å². The Labute approximate surface area is 101 Å². The molecule has 0 amide bonds. The van der Waals surface area contributed by atoms with E-state index in [1.165, 1.54) is 61.6 Å². The lowest BCUT2D eigenvalue weighted by molar-refractivity contribution is 0.274. The minimum Gasteiger partial charge on any atom is -0.0654 e. The van der Waals surface area contributed by atoms with Crippen molar-refractivity contribution < 1.29 is 0 Å². The van der Waals surface area contributed by atoms with Gasteiger partial charge in [-0.25, -0.2) is 0 Å². The molecule has 0 spiro atoms. The summed E-state index contributed by atoms with van der Waals surface area (Å²) < 4.78 is 0. The highest BCUT2D eigenvalue weighted by Crippen LogP contribution is 2.46. The Hall–Kier alpha value is 0.217. The predicted octanol–water partition coefficient (Wildman–Crippen LogP) is 4.33. The first-order chi connectivity index (χ1) is 7.14. The minimum atomic E-state index is 0.759. The molecule has 0 nitrogen and oxygen atoms in total. The topological polar surface area (TPSA) is 0 Å². The van der Waals surface area contributed by atoms with Gasteiger partial charge < -0.3 is 0 Å². The highest BCUT2D eigenvalue weighted by atomic mass is 28.1. The van der Waals surface area contributed by atoms with Gasteiger partial charge in [-0.05, 0) is 11.0 Å². The van der Waals surface area contributed by atoms with Gasteiger partial charge in [0.25, 0.3) is 0 Å². The average molecular weight is 228 g/mol. The van der Waals surface area contributed by atoms with Crippen LogP contribution >= 0.6 is 0 Å². The SMILES string of the molecule is CCCC(CCC)C([SiH3])(CCC)CCC. The van der Waals surface area contributed by atoms with E-state index in [-0.39, 0.29) is 0 Å². The normalized spacial score (nSPS) is 12.6. The summed E-state index contributed by atoms with van der Waals surface area (Å²) in [6.07, 6.45) is 11.4. The molecular formula is C14H32Si. The van der Waals surface area contributed by atoms with Crippen LogP contribution in [0.4, 0.5) is 0 Å². The van der Waals surface area contributed by atoms with Crippen LogP contribution in [0.15, 0.2) is 0 Å². The van der Waals surface area contributed by atoms with E-state index in [9.17, 15) is 0 Å². The second-order valence-corrected chi connectivity index (χ2v) is 7.42. The van der Waals surface area contributed by atoms with Crippen LogP contribution in [0.1, 0.15) is 79.1 Å². The van der Waals surface area contributed by atoms with Crippen molar-refractivity contribution in [2.24, 2.45) is 5.92 Å². The van der Waals surface area contributed by atoms with Crippen LogP contribution in [0.25, 0.3) is 0 Å². The fourth-order valence-corrected chi connectivity index (χ4v) is 4.79. The first-order valence-electron chi connectivity index (χ1n) is 7.14. The average Bonchev–Trinajstić information content (AvgIpc) is 2.18. The Morgan fingerprint density at radius 2 is 1.20 bits per heavy atom. The molecule has 0 saturated carbocycles. The van der Waals surface area contributed by atoms with Crippen molar-refractivity contribution in [1.82, 2.24) is 0 Å². The van der Waals surface area contributed by atoms with E-state index in [2.05, 4.69) is 27.7 Å². The molecule has 0 radical (unpaired) electrons. The monoisotopic (exact) mass is 228 g/mol. The van der Waals surface area contributed by atoms with E-state index >= 15 is 0 Å². The van der Waals surface area contributed by atoms with Crippen molar-refractivity contribution in [3.63, 3.8) is 0 Å². The molecule has 0 bridgehead atoms. The van der Waals surface area contributed by atoms with E-state index in [1.54, 1.807) is 0 Å². The quantitative estimate of drug-likeness (QED) is 0.515. The van der Waals surface area contributed by atoms with Crippen molar-refractivity contribution in [2.75, 3.05) is 0 Å². The lowest BCUT2D eigenvalue weighted by atomic mass is 9.78. The van der Waals surface area contributed by atoms with Crippen LogP contribution < -0.4 is 0 Å². The van der Waals surface area contributed by atoms with Gasteiger partial charge >= 0.3 is 0 Å². The highest BCUT2D eigenvalue weighted by molar-refractivity contribution is 6.15. The Bertz CT molecular complexity index is 130. The molecule has 0 aromatic heterocycles. The Balaban J connectivity index is 4.48. The molecule has 92 valence electrons. The molecule has 0 atom stereocenters. The summed E-state index contributed by atoms with van der Waals surface area (Å²) in [6.45, 7) is 9.42. The summed E-state index contributed by atoms with van der Waals surface area (Å²) in [5, 5.41) is 0.759. The van der Waals surface area contributed by atoms with Gasteiger partial charge in [-0.2, -0.15) is 0 Å². The summed E-state index contributed by atoms with van der Waals surface area (Å²) in [6, 6.07) is 0. The molecule has 0 aliphatic rings. The van der Waals surface area contributed by atoms with Gasteiger partial charge in [0.15, 0.2) is 0 Å². The van der Waals surface area contributed by atoms with Crippen LogP contribution in [0.3, 0.4) is 0 Å². The minimum absolute atomic E-state index is 0.759. The summed E-state index contributed by atoms with van der Waals surface area (Å²) in [5.74, 6) is 1.03. The first kappa shape index (κ1) is 15.2. The van der Waals surface area contributed by atoms with Crippen LogP contribution in [0.2, 0.25) is 5.04 Å². The first-order valence-corrected chi connectivity index (χ1v) is 8.14. The molecule has 0 fully saturated rings. The van der Waals surface area contributed by atoms with Gasteiger partial charge in [-0.1, -0.05) is 79.1 Å². The zero-order valence-electron chi connectivity index (χ0n) is 11.7. The lowest BCUT2D eigenvalue weighted by Gasteiger charge is -2.38. The summed E-state index contributed by atoms with van der Waals surface area (Å²) in [7, 11) is 1.40. The van der Waals surface area contributed by atoms with Crippen LogP contribution in [0, 0.1) is 5.92 Å². The van der Waals surface area contributed by atoms with E-state index in [1.807, 2.05) is 0 Å².